The number of Topliss-reactive ketones (excluding diaryl/α,β-unsaturated/α-hetero) is 1. The summed E-state index contributed by atoms with van der Waals surface area (Å²) in [6.45, 7) is -0.300. The first kappa shape index (κ1) is 19.4. The molecule has 0 aliphatic heterocycles. The molecule has 27 heavy (non-hydrogen) atoms. The van der Waals surface area contributed by atoms with Gasteiger partial charge < -0.3 is 4.74 Å². The number of pyridine rings is 1. The smallest absolute Gasteiger partial charge is 0.307 e. The number of benzene rings is 1. The lowest BCUT2D eigenvalue weighted by molar-refractivity contribution is -0.141. The summed E-state index contributed by atoms with van der Waals surface area (Å²) in [6, 6.07) is 10.5. The summed E-state index contributed by atoms with van der Waals surface area (Å²) in [5, 5.41) is 10.5. The summed E-state index contributed by atoms with van der Waals surface area (Å²) >= 11 is 7.14. The van der Waals surface area contributed by atoms with Crippen LogP contribution in [-0.4, -0.2) is 29.1 Å². The molecule has 0 amide bonds. The molecule has 0 atom stereocenters. The molecule has 0 unspecified atom stereocenters. The van der Waals surface area contributed by atoms with Gasteiger partial charge in [-0.3, -0.25) is 9.59 Å². The summed E-state index contributed by atoms with van der Waals surface area (Å²) in [4.78, 5) is 28.4. The van der Waals surface area contributed by atoms with Gasteiger partial charge in [-0.05, 0) is 55.2 Å². The molecule has 0 saturated heterocycles. The highest BCUT2D eigenvalue weighted by molar-refractivity contribution is 7.99. The number of carbonyl (C=O) groups excluding carboxylic acids is 2. The van der Waals surface area contributed by atoms with E-state index >= 15 is 0 Å². The molecule has 138 valence electrons. The highest BCUT2D eigenvalue weighted by atomic mass is 35.5. The predicted molar refractivity (Wildman–Crippen MR) is 103 cm³/mol. The van der Waals surface area contributed by atoms with Gasteiger partial charge in [0.25, 0.3) is 0 Å². The topological polar surface area (TPSA) is 80.1 Å². The monoisotopic (exact) mass is 400 g/mol. The highest BCUT2D eigenvalue weighted by Gasteiger charge is 2.17. The number of thioether (sulfide) groups is 1. The Bertz CT molecular complexity index is 907. The number of ether oxygens (including phenoxy) is 1. The number of nitrogens with zero attached hydrogens (tertiary/aromatic N) is 2. The lowest BCUT2D eigenvalue weighted by Crippen LogP contribution is -2.14. The lowest BCUT2D eigenvalue weighted by Gasteiger charge is -2.07. The second kappa shape index (κ2) is 9.03. The van der Waals surface area contributed by atoms with Crippen LogP contribution >= 0.6 is 23.4 Å². The van der Waals surface area contributed by atoms with Gasteiger partial charge in [-0.25, -0.2) is 4.98 Å². The zero-order valence-electron chi connectivity index (χ0n) is 14.5. The van der Waals surface area contributed by atoms with Crippen LogP contribution in [0, 0.1) is 11.3 Å². The number of esters is 1. The van der Waals surface area contributed by atoms with E-state index in [1.54, 1.807) is 24.3 Å². The Morgan fingerprint density at radius 1 is 1.26 bits per heavy atom. The minimum absolute atomic E-state index is 0.141. The van der Waals surface area contributed by atoms with Gasteiger partial charge in [0.15, 0.2) is 12.4 Å². The number of ketones is 1. The van der Waals surface area contributed by atoms with Crippen LogP contribution in [0.3, 0.4) is 0 Å². The van der Waals surface area contributed by atoms with E-state index in [4.69, 9.17) is 16.3 Å². The van der Waals surface area contributed by atoms with Crippen molar-refractivity contribution >= 4 is 35.1 Å². The van der Waals surface area contributed by atoms with E-state index in [2.05, 4.69) is 11.1 Å². The molecule has 1 aromatic heterocycles. The fraction of sp³-hybridized carbons (Fsp3) is 0.300. The Morgan fingerprint density at radius 2 is 2.04 bits per heavy atom. The molecule has 0 spiro atoms. The number of aryl methyl sites for hydroxylation is 2. The fourth-order valence-electron chi connectivity index (χ4n) is 2.81. The maximum absolute atomic E-state index is 12.0. The molecule has 0 N–H and O–H groups in total. The van der Waals surface area contributed by atoms with Gasteiger partial charge in [-0.1, -0.05) is 11.6 Å². The Hall–Kier alpha value is -2.36. The van der Waals surface area contributed by atoms with Crippen LogP contribution in [0.4, 0.5) is 0 Å². The fourth-order valence-corrected chi connectivity index (χ4v) is 3.83. The van der Waals surface area contributed by atoms with E-state index in [1.807, 2.05) is 6.07 Å². The van der Waals surface area contributed by atoms with Crippen molar-refractivity contribution in [3.8, 4) is 6.07 Å². The Balaban J connectivity index is 1.47. The van der Waals surface area contributed by atoms with Crippen molar-refractivity contribution in [3.05, 3.63) is 57.7 Å². The summed E-state index contributed by atoms with van der Waals surface area (Å²) in [7, 11) is 0. The first-order chi connectivity index (χ1) is 13.1. The van der Waals surface area contributed by atoms with Crippen LogP contribution in [0.25, 0.3) is 0 Å². The second-order valence-electron chi connectivity index (χ2n) is 6.10. The second-order valence-corrected chi connectivity index (χ2v) is 7.62. The third-order valence-electron chi connectivity index (χ3n) is 4.21. The zero-order valence-corrected chi connectivity index (χ0v) is 16.1. The van der Waals surface area contributed by atoms with E-state index in [0.717, 1.165) is 30.5 Å². The molecule has 7 heteroatoms. The van der Waals surface area contributed by atoms with Gasteiger partial charge in [0.1, 0.15) is 11.1 Å². The molecule has 1 heterocycles. The van der Waals surface area contributed by atoms with Crippen molar-refractivity contribution in [2.45, 2.75) is 30.7 Å². The Kier molecular flexibility index (Phi) is 6.49. The average molecular weight is 401 g/mol. The normalized spacial score (nSPS) is 12.3. The molecule has 0 bridgehead atoms. The molecule has 2 aromatic rings. The van der Waals surface area contributed by atoms with Crippen molar-refractivity contribution in [1.82, 2.24) is 4.98 Å². The predicted octanol–water partition coefficient (Wildman–Crippen LogP) is 4.00. The molecule has 3 rings (SSSR count). The van der Waals surface area contributed by atoms with E-state index in [1.165, 1.54) is 11.8 Å². The van der Waals surface area contributed by atoms with Crippen LogP contribution < -0.4 is 0 Å². The maximum Gasteiger partial charge on any atom is 0.307 e. The third kappa shape index (κ3) is 5.09. The number of halogens is 1. The number of hydrogen-bond donors (Lipinski definition) is 0. The quantitative estimate of drug-likeness (QED) is 0.397. The summed E-state index contributed by atoms with van der Waals surface area (Å²) < 4.78 is 5.04. The van der Waals surface area contributed by atoms with Gasteiger partial charge in [-0.2, -0.15) is 5.26 Å². The molecule has 0 fully saturated rings. The standard InChI is InChI=1S/C20H17ClN2O3S/c21-16-6-4-13(5-7-16)18(24)12-26-19(25)8-9-27-20-15(11-22)10-14-2-1-3-17(14)23-20/h4-7,10H,1-3,8-9,12H2. The molecule has 1 aromatic carbocycles. The Labute approximate surface area is 166 Å². The Morgan fingerprint density at radius 3 is 2.78 bits per heavy atom. The van der Waals surface area contributed by atoms with Gasteiger partial charge in [0.05, 0.1) is 12.0 Å². The first-order valence-corrected chi connectivity index (χ1v) is 9.93. The maximum atomic E-state index is 12.0. The van der Waals surface area contributed by atoms with E-state index < -0.39 is 5.97 Å². The number of fused-ring (bicyclic) bond motifs is 1. The molecule has 1 aliphatic rings. The zero-order chi connectivity index (χ0) is 19.2. The average Bonchev–Trinajstić information content (AvgIpc) is 3.13. The molecule has 0 radical (unpaired) electrons. The van der Waals surface area contributed by atoms with Gasteiger partial charge in [-0.15, -0.1) is 11.8 Å². The number of carbonyl (C=O) groups is 2. The van der Waals surface area contributed by atoms with Crippen LogP contribution in [0.15, 0.2) is 35.4 Å². The van der Waals surface area contributed by atoms with Crippen LogP contribution in [-0.2, 0) is 22.4 Å². The highest BCUT2D eigenvalue weighted by Crippen LogP contribution is 2.28. The minimum Gasteiger partial charge on any atom is -0.457 e. The van der Waals surface area contributed by atoms with Crippen molar-refractivity contribution < 1.29 is 14.3 Å². The van der Waals surface area contributed by atoms with Crippen LogP contribution in [0.2, 0.25) is 5.02 Å². The van der Waals surface area contributed by atoms with Crippen molar-refractivity contribution in [2.75, 3.05) is 12.4 Å². The van der Waals surface area contributed by atoms with Crippen molar-refractivity contribution in [1.29, 1.82) is 5.26 Å². The van der Waals surface area contributed by atoms with Crippen LogP contribution in [0.5, 0.6) is 0 Å². The van der Waals surface area contributed by atoms with Crippen molar-refractivity contribution in [3.63, 3.8) is 0 Å². The van der Waals surface area contributed by atoms with Crippen LogP contribution in [0.1, 0.15) is 40.0 Å². The minimum atomic E-state index is -0.454. The SMILES string of the molecule is N#Cc1cc2c(nc1SCCC(=O)OCC(=O)c1ccc(Cl)cc1)CCC2. The van der Waals surface area contributed by atoms with Crippen molar-refractivity contribution in [2.24, 2.45) is 0 Å². The van der Waals surface area contributed by atoms with Gasteiger partial charge in [0, 0.05) is 22.0 Å². The van der Waals surface area contributed by atoms with E-state index in [-0.39, 0.29) is 18.8 Å². The number of aromatic nitrogens is 1. The molecular formula is C20H17ClN2O3S. The summed E-state index contributed by atoms with van der Waals surface area (Å²) in [6.07, 6.45) is 3.11. The summed E-state index contributed by atoms with van der Waals surface area (Å²) in [5.74, 6) is -0.293. The lowest BCUT2D eigenvalue weighted by atomic mass is 10.1. The first-order valence-electron chi connectivity index (χ1n) is 8.57. The molecule has 5 nitrogen and oxygen atoms in total. The molecule has 1 aliphatic carbocycles. The van der Waals surface area contributed by atoms with E-state index in [0.29, 0.717) is 26.9 Å². The number of hydrogen-bond acceptors (Lipinski definition) is 6. The number of rotatable bonds is 7. The van der Waals surface area contributed by atoms with Gasteiger partial charge in [0.2, 0.25) is 0 Å². The van der Waals surface area contributed by atoms with Gasteiger partial charge >= 0.3 is 5.97 Å². The van der Waals surface area contributed by atoms with E-state index in [9.17, 15) is 14.9 Å². The largest absolute Gasteiger partial charge is 0.457 e. The third-order valence-corrected chi connectivity index (χ3v) is 5.46. The molecule has 0 saturated carbocycles. The molecular weight excluding hydrogens is 384 g/mol. The number of nitriles is 1. The summed E-state index contributed by atoms with van der Waals surface area (Å²) in [5.41, 5.74) is 3.19.